The minimum Gasteiger partial charge on any atom is -0.370 e. The van der Waals surface area contributed by atoms with Gasteiger partial charge in [-0.2, -0.15) is 5.26 Å². The largest absolute Gasteiger partial charge is 0.370 e. The Morgan fingerprint density at radius 1 is 1.39 bits per heavy atom. The summed E-state index contributed by atoms with van der Waals surface area (Å²) in [5.41, 5.74) is 0.301. The van der Waals surface area contributed by atoms with E-state index < -0.39 is 5.60 Å². The fraction of sp³-hybridized carbons (Fsp3) is 0.533. The summed E-state index contributed by atoms with van der Waals surface area (Å²) in [6, 6.07) is 12.4. The third-order valence-electron chi connectivity index (χ3n) is 4.15. The zero-order valence-corrected chi connectivity index (χ0v) is 10.6. The summed E-state index contributed by atoms with van der Waals surface area (Å²) in [5, 5.41) is 9.23. The molecule has 1 aromatic carbocycles. The van der Waals surface area contributed by atoms with Gasteiger partial charge in [0.2, 0.25) is 0 Å². The van der Waals surface area contributed by atoms with E-state index in [0.29, 0.717) is 13.0 Å². The van der Waals surface area contributed by atoms with Crippen molar-refractivity contribution in [1.29, 1.82) is 5.26 Å². The lowest BCUT2D eigenvalue weighted by Gasteiger charge is -2.28. The number of benzene rings is 1. The molecule has 3 rings (SSSR count). The van der Waals surface area contributed by atoms with Gasteiger partial charge in [-0.1, -0.05) is 30.3 Å². The van der Waals surface area contributed by atoms with Gasteiger partial charge in [0.1, 0.15) is 0 Å². The molecule has 3 atom stereocenters. The molecule has 0 aromatic heterocycles. The van der Waals surface area contributed by atoms with E-state index in [9.17, 15) is 5.26 Å². The Hall–Kier alpha value is -1.37. The summed E-state index contributed by atoms with van der Waals surface area (Å²) in [6.07, 6.45) is 2.49. The molecular weight excluding hydrogens is 226 g/mol. The van der Waals surface area contributed by atoms with Crippen LogP contribution in [0.4, 0.5) is 0 Å². The van der Waals surface area contributed by atoms with Gasteiger partial charge >= 0.3 is 0 Å². The number of rotatable bonds is 3. The van der Waals surface area contributed by atoms with Gasteiger partial charge in [0.25, 0.3) is 0 Å². The predicted octanol–water partition coefficient (Wildman–Crippen LogP) is 2.81. The van der Waals surface area contributed by atoms with Gasteiger partial charge in [-0.15, -0.1) is 0 Å². The Labute approximate surface area is 107 Å². The maximum Gasteiger partial charge on any atom is 0.157 e. The summed E-state index contributed by atoms with van der Waals surface area (Å²) in [4.78, 5) is 0. The van der Waals surface area contributed by atoms with Crippen LogP contribution in [-0.4, -0.2) is 17.3 Å². The number of hydrogen-bond acceptors (Lipinski definition) is 3. The molecule has 2 fully saturated rings. The van der Waals surface area contributed by atoms with Crippen molar-refractivity contribution in [2.24, 2.45) is 0 Å². The van der Waals surface area contributed by atoms with E-state index >= 15 is 0 Å². The highest BCUT2D eigenvalue weighted by atomic mass is 16.6. The van der Waals surface area contributed by atoms with Crippen molar-refractivity contribution in [3.63, 3.8) is 0 Å². The molecule has 3 nitrogen and oxygen atoms in total. The molecule has 2 aliphatic heterocycles. The lowest BCUT2D eigenvalue weighted by atomic mass is 9.81. The molecule has 1 aromatic rings. The Balaban J connectivity index is 1.67. The first-order valence-electron chi connectivity index (χ1n) is 6.43. The minimum atomic E-state index is -0.587. The number of nitrogens with zero attached hydrogens (tertiary/aromatic N) is 1. The van der Waals surface area contributed by atoms with Crippen molar-refractivity contribution < 1.29 is 9.47 Å². The monoisotopic (exact) mass is 243 g/mol. The van der Waals surface area contributed by atoms with E-state index in [1.165, 1.54) is 0 Å². The van der Waals surface area contributed by atoms with E-state index in [4.69, 9.17) is 9.47 Å². The number of ether oxygens (including phenoxy) is 2. The fourth-order valence-electron chi connectivity index (χ4n) is 3.01. The normalized spacial score (nSPS) is 37.7. The van der Waals surface area contributed by atoms with Crippen LogP contribution in [0.3, 0.4) is 0 Å². The molecule has 0 N–H and O–H groups in total. The molecule has 94 valence electrons. The highest BCUT2D eigenvalue weighted by Crippen LogP contribution is 2.51. The molecule has 2 heterocycles. The van der Waals surface area contributed by atoms with E-state index in [2.05, 4.69) is 25.1 Å². The summed E-state index contributed by atoms with van der Waals surface area (Å²) in [6.45, 7) is 2.65. The molecule has 0 unspecified atom stereocenters. The average Bonchev–Trinajstić information content (AvgIpc) is 2.89. The Morgan fingerprint density at radius 3 is 2.83 bits per heavy atom. The van der Waals surface area contributed by atoms with E-state index in [-0.39, 0.29) is 11.7 Å². The second kappa shape index (κ2) is 4.08. The zero-order valence-electron chi connectivity index (χ0n) is 10.6. The highest BCUT2D eigenvalue weighted by molar-refractivity contribution is 5.19. The van der Waals surface area contributed by atoms with Crippen LogP contribution in [0.1, 0.15) is 31.7 Å². The molecule has 18 heavy (non-hydrogen) atoms. The second-order valence-corrected chi connectivity index (χ2v) is 5.51. The molecular formula is C15H17NO2. The quantitative estimate of drug-likeness (QED) is 0.819. The van der Waals surface area contributed by atoms with Crippen LogP contribution in [0.5, 0.6) is 0 Å². The summed E-state index contributed by atoms with van der Waals surface area (Å²) < 4.78 is 11.9. The van der Waals surface area contributed by atoms with Crippen molar-refractivity contribution in [1.82, 2.24) is 0 Å². The van der Waals surface area contributed by atoms with Crippen molar-refractivity contribution in [3.8, 4) is 6.07 Å². The molecule has 2 saturated heterocycles. The summed E-state index contributed by atoms with van der Waals surface area (Å²) in [5.74, 6) is 0. The van der Waals surface area contributed by atoms with Gasteiger partial charge in [-0.25, -0.2) is 0 Å². The van der Waals surface area contributed by atoms with Crippen molar-refractivity contribution in [3.05, 3.63) is 35.9 Å². The smallest absolute Gasteiger partial charge is 0.157 e. The number of hydrogen-bond donors (Lipinski definition) is 0. The van der Waals surface area contributed by atoms with Gasteiger partial charge in [0.05, 0.1) is 24.4 Å². The van der Waals surface area contributed by atoms with Gasteiger partial charge in [-0.3, -0.25) is 0 Å². The SMILES string of the molecule is C[C@@]12CC[C@@](C#N)(C[C@@H]1OCc1ccccc1)O2. The molecule has 3 heteroatoms. The highest BCUT2D eigenvalue weighted by Gasteiger charge is 2.60. The second-order valence-electron chi connectivity index (χ2n) is 5.51. The first-order valence-corrected chi connectivity index (χ1v) is 6.43. The summed E-state index contributed by atoms with van der Waals surface area (Å²) >= 11 is 0. The number of fused-ring (bicyclic) bond motifs is 2. The van der Waals surface area contributed by atoms with Crippen LogP contribution in [-0.2, 0) is 16.1 Å². The predicted molar refractivity (Wildman–Crippen MR) is 66.7 cm³/mol. The molecule has 0 aliphatic carbocycles. The zero-order chi connectivity index (χ0) is 12.6. The van der Waals surface area contributed by atoms with Crippen LogP contribution in [0, 0.1) is 11.3 Å². The maximum absolute atomic E-state index is 9.23. The minimum absolute atomic E-state index is 0.0334. The third kappa shape index (κ3) is 1.82. The Kier molecular flexibility index (Phi) is 2.65. The van der Waals surface area contributed by atoms with Crippen LogP contribution < -0.4 is 0 Å². The molecule has 0 saturated carbocycles. The van der Waals surface area contributed by atoms with E-state index in [1.54, 1.807) is 0 Å². The average molecular weight is 243 g/mol. The Bertz CT molecular complexity index is 481. The van der Waals surface area contributed by atoms with Crippen molar-refractivity contribution in [2.75, 3.05) is 0 Å². The molecule has 0 amide bonds. The first kappa shape index (κ1) is 11.7. The molecule has 0 spiro atoms. The van der Waals surface area contributed by atoms with Crippen molar-refractivity contribution >= 4 is 0 Å². The van der Waals surface area contributed by atoms with Crippen LogP contribution in [0.15, 0.2) is 30.3 Å². The van der Waals surface area contributed by atoms with Crippen LogP contribution in [0.2, 0.25) is 0 Å². The van der Waals surface area contributed by atoms with Gasteiger partial charge in [0.15, 0.2) is 5.60 Å². The topological polar surface area (TPSA) is 42.2 Å². The lowest BCUT2D eigenvalue weighted by Crippen LogP contribution is -2.37. The number of nitriles is 1. The van der Waals surface area contributed by atoms with Gasteiger partial charge in [-0.05, 0) is 25.3 Å². The van der Waals surface area contributed by atoms with Crippen molar-refractivity contribution in [2.45, 2.75) is 50.1 Å². The Morgan fingerprint density at radius 2 is 2.17 bits per heavy atom. The molecule has 2 bridgehead atoms. The summed E-state index contributed by atoms with van der Waals surface area (Å²) in [7, 11) is 0. The van der Waals surface area contributed by atoms with E-state index in [1.807, 2.05) is 18.2 Å². The maximum atomic E-state index is 9.23. The van der Waals surface area contributed by atoms with Gasteiger partial charge in [0, 0.05) is 6.42 Å². The first-order chi connectivity index (χ1) is 8.66. The standard InChI is InChI=1S/C15H17NO2/c1-14-7-8-15(11-16,18-14)9-13(14)17-10-12-5-3-2-4-6-12/h2-6,13H,7-10H2,1H3/t13-,14+,15-/m0/s1. The lowest BCUT2D eigenvalue weighted by molar-refractivity contribution is -0.0771. The fourth-order valence-corrected chi connectivity index (χ4v) is 3.01. The third-order valence-corrected chi connectivity index (χ3v) is 4.15. The molecule has 2 aliphatic rings. The van der Waals surface area contributed by atoms with Crippen LogP contribution >= 0.6 is 0 Å². The molecule has 0 radical (unpaired) electrons. The van der Waals surface area contributed by atoms with Gasteiger partial charge < -0.3 is 9.47 Å². The van der Waals surface area contributed by atoms with E-state index in [0.717, 1.165) is 18.4 Å². The van der Waals surface area contributed by atoms with Crippen LogP contribution in [0.25, 0.3) is 0 Å².